The molecular weight excluding hydrogens is 483 g/mol. The number of hydrogen-bond donors (Lipinski definition) is 1. The average Bonchev–Trinajstić information content (AvgIpc) is 3.18. The van der Waals surface area contributed by atoms with Crippen LogP contribution >= 0.6 is 23.8 Å². The number of rotatable bonds is 8. The maximum absolute atomic E-state index is 13.2. The predicted molar refractivity (Wildman–Crippen MR) is 134 cm³/mol. The first-order chi connectivity index (χ1) is 15.6. The lowest BCUT2D eigenvalue weighted by Crippen LogP contribution is -2.35. The summed E-state index contributed by atoms with van der Waals surface area (Å²) in [4.78, 5) is 6.17. The molecule has 176 valence electrons. The van der Waals surface area contributed by atoms with Crippen molar-refractivity contribution in [1.82, 2.24) is 14.5 Å². The van der Waals surface area contributed by atoms with Gasteiger partial charge in [-0.25, -0.2) is 17.8 Å². The Kier molecular flexibility index (Phi) is 8.10. The number of benzene rings is 2. The molecule has 0 fully saturated rings. The largest absolute Gasteiger partial charge is 0.343 e. The molecule has 1 N–H and O–H groups in total. The van der Waals surface area contributed by atoms with Crippen LogP contribution in [0.2, 0.25) is 5.02 Å². The molecule has 0 saturated heterocycles. The number of aromatic nitrogens is 2. The standard InChI is InChI=1S/C23H26ClFN4O2S2/c1-4-28(22(32)27-20-10-8-19(25)9-11-20)14-21-13-26-23(29(21)16(2)3)33(30,31)15-17-6-5-7-18(24)12-17/h5-13,16H,4,14-15H2,1-3H3,(H,27,32). The van der Waals surface area contributed by atoms with Crippen molar-refractivity contribution < 1.29 is 12.8 Å². The molecule has 0 bridgehead atoms. The van der Waals surface area contributed by atoms with Gasteiger partial charge in [-0.05, 0) is 75.0 Å². The van der Waals surface area contributed by atoms with E-state index in [1.807, 2.05) is 25.7 Å². The first kappa shape index (κ1) is 25.1. The summed E-state index contributed by atoms with van der Waals surface area (Å²) in [5, 5.41) is 4.04. The van der Waals surface area contributed by atoms with Gasteiger partial charge in [-0.2, -0.15) is 0 Å². The first-order valence-electron chi connectivity index (χ1n) is 10.5. The monoisotopic (exact) mass is 508 g/mol. The minimum atomic E-state index is -3.71. The van der Waals surface area contributed by atoms with Crippen LogP contribution in [0.25, 0.3) is 0 Å². The van der Waals surface area contributed by atoms with Crippen molar-refractivity contribution in [2.45, 2.75) is 44.3 Å². The van der Waals surface area contributed by atoms with E-state index in [-0.39, 0.29) is 22.8 Å². The van der Waals surface area contributed by atoms with E-state index in [4.69, 9.17) is 23.8 Å². The van der Waals surface area contributed by atoms with E-state index in [9.17, 15) is 12.8 Å². The molecule has 0 spiro atoms. The van der Waals surface area contributed by atoms with Gasteiger partial charge < -0.3 is 14.8 Å². The molecular formula is C23H26ClFN4O2S2. The van der Waals surface area contributed by atoms with Gasteiger partial charge in [0.1, 0.15) is 5.82 Å². The van der Waals surface area contributed by atoms with Gasteiger partial charge in [0.05, 0.1) is 24.2 Å². The molecule has 0 aliphatic heterocycles. The van der Waals surface area contributed by atoms with Gasteiger partial charge in [0.15, 0.2) is 5.11 Å². The molecule has 0 aliphatic carbocycles. The van der Waals surface area contributed by atoms with Gasteiger partial charge in [-0.1, -0.05) is 23.7 Å². The smallest absolute Gasteiger partial charge is 0.228 e. The van der Waals surface area contributed by atoms with Crippen LogP contribution in [0.4, 0.5) is 10.1 Å². The fourth-order valence-corrected chi connectivity index (χ4v) is 5.56. The van der Waals surface area contributed by atoms with E-state index >= 15 is 0 Å². The highest BCUT2D eigenvalue weighted by molar-refractivity contribution is 7.90. The van der Waals surface area contributed by atoms with Gasteiger partial charge in [0.2, 0.25) is 15.0 Å². The maximum atomic E-state index is 13.2. The number of anilines is 1. The fraction of sp³-hybridized carbons (Fsp3) is 0.304. The Labute approximate surface area is 204 Å². The average molecular weight is 509 g/mol. The molecule has 0 amide bonds. The summed E-state index contributed by atoms with van der Waals surface area (Å²) in [6, 6.07) is 12.6. The van der Waals surface area contributed by atoms with Crippen molar-refractivity contribution in [1.29, 1.82) is 0 Å². The summed E-state index contributed by atoms with van der Waals surface area (Å²) < 4.78 is 41.3. The van der Waals surface area contributed by atoms with Gasteiger partial charge in [0.25, 0.3) is 0 Å². The second kappa shape index (κ2) is 10.6. The number of halogens is 2. The second-order valence-corrected chi connectivity index (χ2v) is 10.5. The minimum Gasteiger partial charge on any atom is -0.343 e. The molecule has 1 heterocycles. The van der Waals surface area contributed by atoms with Crippen LogP contribution in [0.5, 0.6) is 0 Å². The van der Waals surface area contributed by atoms with Crippen molar-refractivity contribution >= 4 is 44.5 Å². The van der Waals surface area contributed by atoms with Crippen LogP contribution in [0.15, 0.2) is 59.9 Å². The number of imidazole rings is 1. The molecule has 0 radical (unpaired) electrons. The molecule has 0 aliphatic rings. The highest BCUT2D eigenvalue weighted by Gasteiger charge is 2.26. The predicted octanol–water partition coefficient (Wildman–Crippen LogP) is 5.45. The molecule has 3 aromatic rings. The van der Waals surface area contributed by atoms with Crippen molar-refractivity contribution in [2.75, 3.05) is 11.9 Å². The Balaban J connectivity index is 1.84. The van der Waals surface area contributed by atoms with Gasteiger partial charge in [-0.15, -0.1) is 0 Å². The van der Waals surface area contributed by atoms with Crippen LogP contribution in [-0.2, 0) is 22.1 Å². The lowest BCUT2D eigenvalue weighted by atomic mass is 10.2. The normalized spacial score (nSPS) is 11.6. The fourth-order valence-electron chi connectivity index (χ4n) is 3.45. The number of nitrogens with zero attached hydrogens (tertiary/aromatic N) is 3. The van der Waals surface area contributed by atoms with E-state index in [2.05, 4.69) is 10.3 Å². The van der Waals surface area contributed by atoms with Gasteiger partial charge in [0, 0.05) is 23.3 Å². The van der Waals surface area contributed by atoms with E-state index in [0.29, 0.717) is 34.5 Å². The third-order valence-electron chi connectivity index (χ3n) is 5.00. The lowest BCUT2D eigenvalue weighted by Gasteiger charge is -2.26. The first-order valence-corrected chi connectivity index (χ1v) is 12.9. The van der Waals surface area contributed by atoms with Crippen molar-refractivity contribution in [3.05, 3.63) is 76.8 Å². The highest BCUT2D eigenvalue weighted by Crippen LogP contribution is 2.24. The molecule has 0 unspecified atom stereocenters. The Morgan fingerprint density at radius 3 is 2.55 bits per heavy atom. The summed E-state index contributed by atoms with van der Waals surface area (Å²) in [5.41, 5.74) is 1.99. The zero-order valence-corrected chi connectivity index (χ0v) is 21.0. The number of sulfone groups is 1. The molecule has 0 saturated carbocycles. The summed E-state index contributed by atoms with van der Waals surface area (Å²) in [6.07, 6.45) is 1.58. The molecule has 10 heteroatoms. The maximum Gasteiger partial charge on any atom is 0.228 e. The van der Waals surface area contributed by atoms with Crippen molar-refractivity contribution in [3.8, 4) is 0 Å². The van der Waals surface area contributed by atoms with Crippen LogP contribution < -0.4 is 5.32 Å². The lowest BCUT2D eigenvalue weighted by molar-refractivity contribution is 0.407. The SMILES string of the molecule is CCN(Cc1cnc(S(=O)(=O)Cc2cccc(Cl)c2)n1C(C)C)C(=S)Nc1ccc(F)cc1. The summed E-state index contributed by atoms with van der Waals surface area (Å²) in [5.74, 6) is -0.523. The second-order valence-electron chi connectivity index (χ2n) is 7.84. The van der Waals surface area contributed by atoms with Gasteiger partial charge in [-0.3, -0.25) is 0 Å². The molecule has 6 nitrogen and oxygen atoms in total. The van der Waals surface area contributed by atoms with Crippen LogP contribution in [0.1, 0.15) is 38.1 Å². The van der Waals surface area contributed by atoms with Crippen LogP contribution in [0.3, 0.4) is 0 Å². The Morgan fingerprint density at radius 1 is 1.24 bits per heavy atom. The van der Waals surface area contributed by atoms with E-state index in [0.717, 1.165) is 5.69 Å². The number of hydrogen-bond acceptors (Lipinski definition) is 4. The van der Waals surface area contributed by atoms with E-state index < -0.39 is 9.84 Å². The minimum absolute atomic E-state index is 0.0148. The van der Waals surface area contributed by atoms with E-state index in [1.54, 1.807) is 47.2 Å². The van der Waals surface area contributed by atoms with Crippen molar-refractivity contribution in [2.24, 2.45) is 0 Å². The molecule has 0 atom stereocenters. The molecule has 3 rings (SSSR count). The summed E-state index contributed by atoms with van der Waals surface area (Å²) >= 11 is 11.6. The molecule has 2 aromatic carbocycles. The summed E-state index contributed by atoms with van der Waals surface area (Å²) in [6.45, 7) is 6.72. The zero-order chi connectivity index (χ0) is 24.2. The summed E-state index contributed by atoms with van der Waals surface area (Å²) in [7, 11) is -3.71. The number of thiocarbonyl (C=S) groups is 1. The van der Waals surface area contributed by atoms with Gasteiger partial charge >= 0.3 is 0 Å². The van der Waals surface area contributed by atoms with Crippen LogP contribution in [0, 0.1) is 5.82 Å². The Morgan fingerprint density at radius 2 is 1.94 bits per heavy atom. The quantitative estimate of drug-likeness (QED) is 0.408. The third-order valence-corrected chi connectivity index (χ3v) is 7.16. The van der Waals surface area contributed by atoms with Crippen LogP contribution in [-0.4, -0.2) is 34.5 Å². The topological polar surface area (TPSA) is 67.2 Å². The highest BCUT2D eigenvalue weighted by atomic mass is 35.5. The Hall–Kier alpha value is -2.49. The van der Waals surface area contributed by atoms with Crippen molar-refractivity contribution in [3.63, 3.8) is 0 Å². The molecule has 33 heavy (non-hydrogen) atoms. The molecule has 1 aromatic heterocycles. The zero-order valence-electron chi connectivity index (χ0n) is 18.6. The Bertz CT molecular complexity index is 1230. The third kappa shape index (κ3) is 6.31. The number of nitrogens with one attached hydrogen (secondary N) is 1. The van der Waals surface area contributed by atoms with E-state index in [1.165, 1.54) is 12.1 Å².